The molecule has 0 aliphatic heterocycles. The minimum atomic E-state index is -1.10. The summed E-state index contributed by atoms with van der Waals surface area (Å²) in [7, 11) is 0. The van der Waals surface area contributed by atoms with Gasteiger partial charge in [0.05, 0.1) is 17.4 Å². The predicted octanol–water partition coefficient (Wildman–Crippen LogP) is 2.29. The van der Waals surface area contributed by atoms with Crippen molar-refractivity contribution in [1.29, 1.82) is 5.26 Å². The zero-order valence-corrected chi connectivity index (χ0v) is 16.4. The van der Waals surface area contributed by atoms with E-state index in [4.69, 9.17) is 10.00 Å². The Bertz CT molecular complexity index is 948. The van der Waals surface area contributed by atoms with E-state index in [1.807, 2.05) is 6.07 Å². The molecule has 1 unspecified atom stereocenters. The molecule has 0 spiro atoms. The van der Waals surface area contributed by atoms with Gasteiger partial charge in [0.15, 0.2) is 6.10 Å². The molecule has 0 bridgehead atoms. The van der Waals surface area contributed by atoms with Crippen LogP contribution in [0.2, 0.25) is 0 Å². The highest BCUT2D eigenvalue weighted by Crippen LogP contribution is 2.22. The largest absolute Gasteiger partial charge is 0.451 e. The number of benzene rings is 1. The van der Waals surface area contributed by atoms with E-state index in [-0.39, 0.29) is 36.6 Å². The van der Waals surface area contributed by atoms with Crippen LogP contribution in [-0.2, 0) is 20.9 Å². The third-order valence-corrected chi connectivity index (χ3v) is 4.24. The Morgan fingerprint density at radius 3 is 2.55 bits per heavy atom. The molecule has 0 radical (unpaired) electrons. The van der Waals surface area contributed by atoms with Gasteiger partial charge in [0, 0.05) is 12.2 Å². The first-order valence-electron chi connectivity index (χ1n) is 8.87. The maximum Gasteiger partial charge on any atom is 0.328 e. The summed E-state index contributed by atoms with van der Waals surface area (Å²) in [4.78, 5) is 36.9. The van der Waals surface area contributed by atoms with Crippen LogP contribution in [0.25, 0.3) is 0 Å². The number of nitrogens with zero attached hydrogens (tertiary/aromatic N) is 5. The smallest absolute Gasteiger partial charge is 0.328 e. The van der Waals surface area contributed by atoms with Crippen molar-refractivity contribution >= 4 is 23.3 Å². The molecule has 152 valence electrons. The molecule has 1 amide bonds. The van der Waals surface area contributed by atoms with Crippen LogP contribution in [0, 0.1) is 35.3 Å². The number of carbonyl (C=O) groups is 2. The zero-order valence-electron chi connectivity index (χ0n) is 16.4. The van der Waals surface area contributed by atoms with Gasteiger partial charge in [-0.1, -0.05) is 18.2 Å². The molecule has 2 rings (SSSR count). The standard InChI is InChI=1S/C19H21N5O5/c1-13-18(24(27)28)14(2)23(21-13)12-17(25)29-15(3)19(26)22(11-7-10-20)16-8-5-4-6-9-16/h4-6,8-9,15H,7,11-12H2,1-3H3. The van der Waals surface area contributed by atoms with E-state index >= 15 is 0 Å². The molecular formula is C19H21N5O5. The fourth-order valence-electron chi connectivity index (χ4n) is 2.87. The van der Waals surface area contributed by atoms with Crippen molar-refractivity contribution in [1.82, 2.24) is 9.78 Å². The summed E-state index contributed by atoms with van der Waals surface area (Å²) in [6, 6.07) is 10.7. The molecule has 1 heterocycles. The highest BCUT2D eigenvalue weighted by Gasteiger charge is 2.27. The van der Waals surface area contributed by atoms with Crippen LogP contribution in [0.15, 0.2) is 30.3 Å². The van der Waals surface area contributed by atoms with Gasteiger partial charge in [-0.3, -0.25) is 24.4 Å². The van der Waals surface area contributed by atoms with Gasteiger partial charge in [0.1, 0.15) is 17.9 Å². The second kappa shape index (κ2) is 9.45. The molecule has 0 aliphatic carbocycles. The quantitative estimate of drug-likeness (QED) is 0.378. The van der Waals surface area contributed by atoms with Crippen LogP contribution in [0.1, 0.15) is 24.7 Å². The SMILES string of the molecule is Cc1nn(CC(=O)OC(C)C(=O)N(CCC#N)c2ccccc2)c(C)c1[N+](=O)[O-]. The van der Waals surface area contributed by atoms with Crippen molar-refractivity contribution < 1.29 is 19.2 Å². The molecular weight excluding hydrogens is 378 g/mol. The van der Waals surface area contributed by atoms with Gasteiger partial charge in [-0.15, -0.1) is 0 Å². The van der Waals surface area contributed by atoms with Crippen LogP contribution < -0.4 is 4.90 Å². The molecule has 0 saturated heterocycles. The topological polar surface area (TPSA) is 131 Å². The molecule has 1 aromatic heterocycles. The molecule has 1 aromatic carbocycles. The number of para-hydroxylation sites is 1. The van der Waals surface area contributed by atoms with Crippen LogP contribution >= 0.6 is 0 Å². The van der Waals surface area contributed by atoms with Crippen LogP contribution in [0.3, 0.4) is 0 Å². The fraction of sp³-hybridized carbons (Fsp3) is 0.368. The van der Waals surface area contributed by atoms with Gasteiger partial charge in [0.2, 0.25) is 0 Å². The number of nitriles is 1. The molecule has 0 fully saturated rings. The average Bonchev–Trinajstić information content (AvgIpc) is 2.95. The number of aryl methyl sites for hydroxylation is 1. The lowest BCUT2D eigenvalue weighted by Gasteiger charge is -2.25. The van der Waals surface area contributed by atoms with E-state index in [0.29, 0.717) is 5.69 Å². The van der Waals surface area contributed by atoms with Crippen molar-refractivity contribution in [3.8, 4) is 6.07 Å². The van der Waals surface area contributed by atoms with Gasteiger partial charge in [-0.05, 0) is 32.9 Å². The van der Waals surface area contributed by atoms with Gasteiger partial charge < -0.3 is 9.64 Å². The number of esters is 1. The number of hydrogen-bond acceptors (Lipinski definition) is 7. The van der Waals surface area contributed by atoms with Gasteiger partial charge in [-0.25, -0.2) is 0 Å². The normalized spacial score (nSPS) is 11.4. The van der Waals surface area contributed by atoms with Crippen molar-refractivity contribution in [2.75, 3.05) is 11.4 Å². The number of nitro groups is 1. The highest BCUT2D eigenvalue weighted by molar-refractivity contribution is 5.97. The molecule has 29 heavy (non-hydrogen) atoms. The first-order valence-corrected chi connectivity index (χ1v) is 8.87. The Hall–Kier alpha value is -3.74. The first-order chi connectivity index (χ1) is 13.8. The van der Waals surface area contributed by atoms with E-state index in [1.165, 1.54) is 30.4 Å². The number of carbonyl (C=O) groups excluding carboxylic acids is 2. The van der Waals surface area contributed by atoms with Crippen molar-refractivity contribution in [3.63, 3.8) is 0 Å². The molecule has 10 nitrogen and oxygen atoms in total. The van der Waals surface area contributed by atoms with Crippen LogP contribution in [0.4, 0.5) is 11.4 Å². The molecule has 0 aliphatic rings. The Morgan fingerprint density at radius 2 is 2.00 bits per heavy atom. The fourth-order valence-corrected chi connectivity index (χ4v) is 2.87. The summed E-state index contributed by atoms with van der Waals surface area (Å²) in [5.41, 5.74) is 0.845. The van der Waals surface area contributed by atoms with E-state index in [0.717, 1.165) is 0 Å². The minimum absolute atomic E-state index is 0.122. The summed E-state index contributed by atoms with van der Waals surface area (Å²) in [6.45, 7) is 4.20. The number of rotatable bonds is 8. The Morgan fingerprint density at radius 1 is 1.34 bits per heavy atom. The van der Waals surface area contributed by atoms with Gasteiger partial charge in [0.25, 0.3) is 5.91 Å². The molecule has 0 saturated carbocycles. The second-order valence-corrected chi connectivity index (χ2v) is 6.30. The van der Waals surface area contributed by atoms with Gasteiger partial charge in [-0.2, -0.15) is 10.4 Å². The summed E-state index contributed by atoms with van der Waals surface area (Å²) in [6.07, 6.45) is -0.982. The average molecular weight is 399 g/mol. The van der Waals surface area contributed by atoms with E-state index < -0.39 is 22.9 Å². The number of aromatic nitrogens is 2. The lowest BCUT2D eigenvalue weighted by Crippen LogP contribution is -2.41. The Kier molecular flexibility index (Phi) is 7.03. The molecule has 10 heteroatoms. The first kappa shape index (κ1) is 21.6. The van der Waals surface area contributed by atoms with E-state index in [2.05, 4.69) is 5.10 Å². The zero-order chi connectivity index (χ0) is 21.6. The lowest BCUT2D eigenvalue weighted by molar-refractivity contribution is -0.386. The molecule has 1 atom stereocenters. The van der Waals surface area contributed by atoms with Gasteiger partial charge >= 0.3 is 11.7 Å². The third kappa shape index (κ3) is 5.16. The molecule has 2 aromatic rings. The van der Waals surface area contributed by atoms with Crippen molar-refractivity contribution in [2.45, 2.75) is 39.8 Å². The van der Waals surface area contributed by atoms with Crippen molar-refractivity contribution in [2.24, 2.45) is 0 Å². The monoisotopic (exact) mass is 399 g/mol. The highest BCUT2D eigenvalue weighted by atomic mass is 16.6. The summed E-state index contributed by atoms with van der Waals surface area (Å²) in [5, 5.41) is 23.9. The number of hydrogen-bond donors (Lipinski definition) is 0. The van der Waals surface area contributed by atoms with Crippen LogP contribution in [0.5, 0.6) is 0 Å². The Labute approximate surface area is 167 Å². The minimum Gasteiger partial charge on any atom is -0.451 e. The number of amides is 1. The maximum absolute atomic E-state index is 12.8. The summed E-state index contributed by atoms with van der Waals surface area (Å²) in [5.74, 6) is -1.22. The van der Waals surface area contributed by atoms with E-state index in [9.17, 15) is 19.7 Å². The summed E-state index contributed by atoms with van der Waals surface area (Å²) < 4.78 is 6.40. The summed E-state index contributed by atoms with van der Waals surface area (Å²) >= 11 is 0. The third-order valence-electron chi connectivity index (χ3n) is 4.24. The molecule has 0 N–H and O–H groups in total. The number of anilines is 1. The Balaban J connectivity index is 2.09. The van der Waals surface area contributed by atoms with E-state index in [1.54, 1.807) is 30.3 Å². The maximum atomic E-state index is 12.8. The number of ether oxygens (including phenoxy) is 1. The lowest BCUT2D eigenvalue weighted by atomic mass is 10.2. The van der Waals surface area contributed by atoms with Crippen molar-refractivity contribution in [3.05, 3.63) is 51.8 Å². The predicted molar refractivity (Wildman–Crippen MR) is 103 cm³/mol. The van der Waals surface area contributed by atoms with Crippen LogP contribution in [-0.4, -0.2) is 39.2 Å². The second-order valence-electron chi connectivity index (χ2n) is 6.30.